The smallest absolute Gasteiger partial charge is 0.416 e. The Hall–Kier alpha value is -4.81. The summed E-state index contributed by atoms with van der Waals surface area (Å²) >= 11 is 0. The third kappa shape index (κ3) is 9.59. The molecule has 0 amide bonds. The summed E-state index contributed by atoms with van der Waals surface area (Å²) in [6.07, 6.45) is -7.71. The zero-order valence-electron chi connectivity index (χ0n) is 24.7. The maximum atomic E-state index is 13.2. The van der Waals surface area contributed by atoms with Gasteiger partial charge in [-0.25, -0.2) is 4.79 Å². The highest BCUT2D eigenvalue weighted by molar-refractivity contribution is 6.37. The van der Waals surface area contributed by atoms with Crippen molar-refractivity contribution >= 4 is 23.5 Å². The molecule has 45 heavy (non-hydrogen) atoms. The van der Waals surface area contributed by atoms with E-state index in [2.05, 4.69) is 10.3 Å². The first-order valence-corrected chi connectivity index (χ1v) is 13.4. The normalized spacial score (nSPS) is 13.5. The number of benzene rings is 3. The minimum absolute atomic E-state index is 0.0444. The lowest BCUT2D eigenvalue weighted by molar-refractivity contribution is -0.143. The van der Waals surface area contributed by atoms with Gasteiger partial charge in [0.1, 0.15) is 24.5 Å². The first-order valence-electron chi connectivity index (χ1n) is 13.4. The molecular formula is C32H30F6N2O5. The van der Waals surface area contributed by atoms with Gasteiger partial charge in [-0.1, -0.05) is 58.8 Å². The number of halogens is 6. The van der Waals surface area contributed by atoms with E-state index in [-0.39, 0.29) is 35.8 Å². The Morgan fingerprint density at radius 2 is 1.44 bits per heavy atom. The quantitative estimate of drug-likeness (QED) is 0.0507. The Balaban J connectivity index is 1.74. The summed E-state index contributed by atoms with van der Waals surface area (Å²) in [7, 11) is 4.00. The van der Waals surface area contributed by atoms with Crippen LogP contribution in [0.4, 0.5) is 26.3 Å². The molecule has 240 valence electrons. The van der Waals surface area contributed by atoms with Crippen LogP contribution in [0.5, 0.6) is 0 Å². The van der Waals surface area contributed by atoms with Crippen molar-refractivity contribution in [3.8, 4) is 0 Å². The maximum Gasteiger partial charge on any atom is 0.416 e. The molecule has 0 aliphatic carbocycles. The molecule has 1 atom stereocenters. The fourth-order valence-corrected chi connectivity index (χ4v) is 4.32. The fraction of sp³-hybridized carbons (Fsp3) is 0.281. The van der Waals surface area contributed by atoms with Crippen molar-refractivity contribution in [3.63, 3.8) is 0 Å². The van der Waals surface area contributed by atoms with Gasteiger partial charge in [0.2, 0.25) is 0 Å². The van der Waals surface area contributed by atoms with Crippen molar-refractivity contribution in [2.24, 2.45) is 10.3 Å². The number of nitrogens with zero attached hydrogens (tertiary/aromatic N) is 2. The van der Waals surface area contributed by atoms with Gasteiger partial charge in [0.25, 0.3) is 0 Å². The molecule has 0 radical (unpaired) electrons. The molecule has 0 heterocycles. The molecule has 1 unspecified atom stereocenters. The Morgan fingerprint density at radius 3 is 2.00 bits per heavy atom. The van der Waals surface area contributed by atoms with E-state index < -0.39 is 35.6 Å². The number of alkyl halides is 6. The second-order valence-corrected chi connectivity index (χ2v) is 9.60. The Morgan fingerprint density at radius 1 is 0.844 bits per heavy atom. The predicted octanol–water partition coefficient (Wildman–Crippen LogP) is 7.78. The van der Waals surface area contributed by atoms with Crippen molar-refractivity contribution in [3.05, 3.63) is 112 Å². The van der Waals surface area contributed by atoms with E-state index >= 15 is 0 Å². The fourth-order valence-electron chi connectivity index (χ4n) is 4.32. The van der Waals surface area contributed by atoms with E-state index in [0.717, 1.165) is 12.1 Å². The standard InChI is InChI=1S/C32H30F6N2O5/c1-20(26-7-5-6-8-27(26)28(19-42-2)30(41)43-3)45-39-18-29(40-44-4)23-13-11-21(12-14-23)9-10-22-15-24(31(33,34)35)17-25(16-22)32(36,37)38/h5-8,11-20H,9-10H2,1-4H3. The summed E-state index contributed by atoms with van der Waals surface area (Å²) in [5.74, 6) is -0.598. The van der Waals surface area contributed by atoms with Crippen LogP contribution in [0.25, 0.3) is 5.57 Å². The molecule has 0 aliphatic heterocycles. The van der Waals surface area contributed by atoms with Crippen molar-refractivity contribution in [1.82, 2.24) is 0 Å². The van der Waals surface area contributed by atoms with Crippen molar-refractivity contribution < 1.29 is 50.3 Å². The summed E-state index contributed by atoms with van der Waals surface area (Å²) < 4.78 is 89.0. The Bertz CT molecular complexity index is 1510. The van der Waals surface area contributed by atoms with Gasteiger partial charge in [-0.3, -0.25) is 0 Å². The summed E-state index contributed by atoms with van der Waals surface area (Å²) in [5.41, 5.74) is 0.0454. The lowest BCUT2D eigenvalue weighted by Gasteiger charge is -2.16. The second-order valence-electron chi connectivity index (χ2n) is 9.60. The highest BCUT2D eigenvalue weighted by atomic mass is 19.4. The SMILES string of the molecule is COC=C(C(=O)OC)c1ccccc1C(C)ON=CC(=NOC)c1ccc(CCc2cc(C(F)(F)F)cc(C(F)(F)F)c2)cc1. The first kappa shape index (κ1) is 34.7. The third-order valence-electron chi connectivity index (χ3n) is 6.51. The van der Waals surface area contributed by atoms with Crippen molar-refractivity contribution in [2.45, 2.75) is 38.2 Å². The number of rotatable bonds is 12. The van der Waals surface area contributed by atoms with E-state index in [9.17, 15) is 31.1 Å². The molecule has 0 spiro atoms. The van der Waals surface area contributed by atoms with Crippen LogP contribution >= 0.6 is 0 Å². The number of hydrogen-bond acceptors (Lipinski definition) is 7. The van der Waals surface area contributed by atoms with E-state index in [4.69, 9.17) is 19.1 Å². The molecule has 13 heteroatoms. The molecule has 0 bridgehead atoms. The number of oxime groups is 2. The number of hydrogen-bond donors (Lipinski definition) is 0. The Kier molecular flexibility index (Phi) is 11.8. The molecule has 3 aromatic rings. The number of ether oxygens (including phenoxy) is 2. The lowest BCUT2D eigenvalue weighted by Crippen LogP contribution is -2.12. The lowest BCUT2D eigenvalue weighted by atomic mass is 9.97. The van der Waals surface area contributed by atoms with E-state index in [1.54, 1.807) is 55.5 Å². The van der Waals surface area contributed by atoms with Gasteiger partial charge in [-0.05, 0) is 54.7 Å². The number of methoxy groups -OCH3 is 2. The molecular weight excluding hydrogens is 606 g/mol. The van der Waals surface area contributed by atoms with Crippen LogP contribution in [-0.2, 0) is 49.1 Å². The average molecular weight is 637 g/mol. The van der Waals surface area contributed by atoms with Crippen LogP contribution in [0, 0.1) is 0 Å². The van der Waals surface area contributed by atoms with Crippen LogP contribution in [0.3, 0.4) is 0 Å². The zero-order valence-corrected chi connectivity index (χ0v) is 24.7. The first-order chi connectivity index (χ1) is 21.3. The molecule has 0 N–H and O–H groups in total. The van der Waals surface area contributed by atoms with Gasteiger partial charge in [0, 0.05) is 11.1 Å². The number of carbonyl (C=O) groups is 1. The molecule has 0 saturated heterocycles. The van der Waals surface area contributed by atoms with E-state index in [1.165, 1.54) is 33.8 Å². The molecule has 3 aromatic carbocycles. The molecule has 0 saturated carbocycles. The molecule has 3 rings (SSSR count). The Labute approximate surface area is 255 Å². The monoisotopic (exact) mass is 636 g/mol. The van der Waals surface area contributed by atoms with Crippen LogP contribution in [0.1, 0.15) is 52.0 Å². The largest absolute Gasteiger partial charge is 0.503 e. The van der Waals surface area contributed by atoms with Crippen molar-refractivity contribution in [1.29, 1.82) is 0 Å². The average Bonchev–Trinajstić information content (AvgIpc) is 3.01. The van der Waals surface area contributed by atoms with Gasteiger partial charge in [0.15, 0.2) is 0 Å². The predicted molar refractivity (Wildman–Crippen MR) is 155 cm³/mol. The van der Waals surface area contributed by atoms with Gasteiger partial charge in [-0.15, -0.1) is 0 Å². The molecule has 0 fully saturated rings. The summed E-state index contributed by atoms with van der Waals surface area (Å²) in [5, 5.41) is 7.97. The van der Waals surface area contributed by atoms with Crippen LogP contribution in [0.2, 0.25) is 0 Å². The number of esters is 1. The highest BCUT2D eigenvalue weighted by Crippen LogP contribution is 2.36. The molecule has 7 nitrogen and oxygen atoms in total. The van der Waals surface area contributed by atoms with Gasteiger partial charge in [-0.2, -0.15) is 26.3 Å². The zero-order chi connectivity index (χ0) is 33.2. The van der Waals surface area contributed by atoms with Crippen LogP contribution in [-0.4, -0.2) is 39.2 Å². The minimum Gasteiger partial charge on any atom is -0.503 e. The topological polar surface area (TPSA) is 78.7 Å². The van der Waals surface area contributed by atoms with E-state index in [0.29, 0.717) is 22.3 Å². The van der Waals surface area contributed by atoms with Gasteiger partial charge < -0.3 is 19.1 Å². The summed E-state index contributed by atoms with van der Waals surface area (Å²) in [4.78, 5) is 22.8. The van der Waals surface area contributed by atoms with E-state index in [1.807, 2.05) is 0 Å². The van der Waals surface area contributed by atoms with Gasteiger partial charge >= 0.3 is 18.3 Å². The summed E-state index contributed by atoms with van der Waals surface area (Å²) in [6.45, 7) is 1.72. The molecule has 0 aromatic heterocycles. The second kappa shape index (κ2) is 15.3. The number of carbonyl (C=O) groups excluding carboxylic acids is 1. The highest BCUT2D eigenvalue weighted by Gasteiger charge is 2.36. The van der Waals surface area contributed by atoms with Crippen LogP contribution < -0.4 is 0 Å². The van der Waals surface area contributed by atoms with Crippen LogP contribution in [0.15, 0.2) is 83.3 Å². The minimum atomic E-state index is -4.91. The summed E-state index contributed by atoms with van der Waals surface area (Å²) in [6, 6.07) is 15.2. The van der Waals surface area contributed by atoms with Crippen molar-refractivity contribution in [2.75, 3.05) is 21.3 Å². The third-order valence-corrected chi connectivity index (χ3v) is 6.51. The van der Waals surface area contributed by atoms with Gasteiger partial charge in [0.05, 0.1) is 37.8 Å². The molecule has 0 aliphatic rings. The number of aryl methyl sites for hydroxylation is 2. The maximum absolute atomic E-state index is 13.2.